The maximum atomic E-state index is 12.4. The number of hydrogen-bond acceptors (Lipinski definition) is 4. The van der Waals surface area contributed by atoms with Crippen LogP contribution in [0.15, 0.2) is 18.3 Å². The first-order valence-electron chi connectivity index (χ1n) is 8.93. The predicted molar refractivity (Wildman–Crippen MR) is 88.7 cm³/mol. The molecule has 1 aromatic rings. The summed E-state index contributed by atoms with van der Waals surface area (Å²) in [5, 5.41) is 3.45. The molecule has 1 N–H and O–H groups in total. The average molecular weight is 315 g/mol. The summed E-state index contributed by atoms with van der Waals surface area (Å²) in [6.07, 6.45) is 9.55. The number of ether oxygens (including phenoxy) is 1. The molecule has 23 heavy (non-hydrogen) atoms. The third-order valence-corrected chi connectivity index (χ3v) is 5.55. The number of carbonyl (C=O) groups excluding carboxylic acids is 1. The fraction of sp³-hybridized carbons (Fsp3) is 0.667. The van der Waals surface area contributed by atoms with Gasteiger partial charge in [0.2, 0.25) is 0 Å². The van der Waals surface area contributed by atoms with E-state index in [2.05, 4.69) is 22.4 Å². The van der Waals surface area contributed by atoms with Crippen molar-refractivity contribution in [2.45, 2.75) is 56.5 Å². The van der Waals surface area contributed by atoms with E-state index in [1.54, 1.807) is 4.90 Å². The van der Waals surface area contributed by atoms with Crippen molar-refractivity contribution in [1.29, 1.82) is 0 Å². The number of pyridine rings is 1. The van der Waals surface area contributed by atoms with Crippen molar-refractivity contribution in [1.82, 2.24) is 10.3 Å². The second-order valence-corrected chi connectivity index (χ2v) is 7.19. The van der Waals surface area contributed by atoms with E-state index in [0.717, 1.165) is 44.6 Å². The Morgan fingerprint density at radius 3 is 2.91 bits per heavy atom. The Hall–Kier alpha value is -1.62. The minimum atomic E-state index is -0.264. The fourth-order valence-corrected chi connectivity index (χ4v) is 4.23. The lowest BCUT2D eigenvalue weighted by molar-refractivity contribution is 0.0260. The fourth-order valence-electron chi connectivity index (χ4n) is 4.23. The van der Waals surface area contributed by atoms with Gasteiger partial charge in [-0.3, -0.25) is 4.90 Å². The third-order valence-electron chi connectivity index (χ3n) is 5.55. The maximum Gasteiger partial charge on any atom is 0.416 e. The number of hydrogen-bond donors (Lipinski definition) is 1. The summed E-state index contributed by atoms with van der Waals surface area (Å²) in [7, 11) is 0. The van der Waals surface area contributed by atoms with Gasteiger partial charge in [-0.2, -0.15) is 0 Å². The zero-order valence-corrected chi connectivity index (χ0v) is 13.6. The summed E-state index contributed by atoms with van der Waals surface area (Å²) in [4.78, 5) is 18.6. The molecule has 124 valence electrons. The molecule has 1 amide bonds. The Bertz CT molecular complexity index is 577. The lowest BCUT2D eigenvalue weighted by atomic mass is 9.85. The molecule has 3 heterocycles. The molecule has 4 rings (SSSR count). The van der Waals surface area contributed by atoms with Crippen molar-refractivity contribution in [2.24, 2.45) is 0 Å². The predicted octanol–water partition coefficient (Wildman–Crippen LogP) is 3.21. The molecule has 5 nitrogen and oxygen atoms in total. The molecule has 1 atom stereocenters. The van der Waals surface area contributed by atoms with Crippen molar-refractivity contribution in [3.05, 3.63) is 23.9 Å². The summed E-state index contributed by atoms with van der Waals surface area (Å²) in [6.45, 7) is 2.78. The number of anilines is 1. The topological polar surface area (TPSA) is 54.5 Å². The Morgan fingerprint density at radius 1 is 1.26 bits per heavy atom. The largest absolute Gasteiger partial charge is 0.441 e. The van der Waals surface area contributed by atoms with Gasteiger partial charge in [0.15, 0.2) is 0 Å². The van der Waals surface area contributed by atoms with E-state index < -0.39 is 0 Å². The van der Waals surface area contributed by atoms with Crippen LogP contribution in [0.4, 0.5) is 10.6 Å². The Morgan fingerprint density at radius 2 is 2.13 bits per heavy atom. The van der Waals surface area contributed by atoms with Crippen LogP contribution in [0.1, 0.15) is 56.4 Å². The standard InChI is InChI=1S/C18H25N3O2/c22-17-21(13-18(23-17)7-2-1-3-8-18)16-11-14(6-10-20-16)15-5-4-9-19-12-15/h6,10-11,15,19H,1-5,7-9,12-13H2/t15-/m0/s1. The number of nitrogens with zero attached hydrogens (tertiary/aromatic N) is 2. The van der Waals surface area contributed by atoms with E-state index in [1.807, 2.05) is 6.20 Å². The lowest BCUT2D eigenvalue weighted by Crippen LogP contribution is -2.36. The number of rotatable bonds is 2. The molecule has 2 saturated heterocycles. The highest BCUT2D eigenvalue weighted by Crippen LogP contribution is 2.38. The first-order valence-corrected chi connectivity index (χ1v) is 8.93. The second-order valence-electron chi connectivity index (χ2n) is 7.19. The first-order chi connectivity index (χ1) is 11.3. The van der Waals surface area contributed by atoms with Gasteiger partial charge in [-0.05, 0) is 68.7 Å². The van der Waals surface area contributed by atoms with Gasteiger partial charge in [0.25, 0.3) is 0 Å². The van der Waals surface area contributed by atoms with Gasteiger partial charge in [0.05, 0.1) is 6.54 Å². The van der Waals surface area contributed by atoms with Gasteiger partial charge in [0.1, 0.15) is 11.4 Å². The molecular formula is C18H25N3O2. The van der Waals surface area contributed by atoms with Crippen LogP contribution >= 0.6 is 0 Å². The molecule has 1 spiro atoms. The highest BCUT2D eigenvalue weighted by Gasteiger charge is 2.46. The summed E-state index contributed by atoms with van der Waals surface area (Å²) < 4.78 is 5.78. The molecule has 0 bridgehead atoms. The maximum absolute atomic E-state index is 12.4. The highest BCUT2D eigenvalue weighted by molar-refractivity contribution is 5.89. The molecular weight excluding hydrogens is 290 g/mol. The number of aromatic nitrogens is 1. The molecule has 3 fully saturated rings. The Labute approximate surface area is 137 Å². The van der Waals surface area contributed by atoms with Crippen LogP contribution < -0.4 is 10.2 Å². The van der Waals surface area contributed by atoms with E-state index >= 15 is 0 Å². The van der Waals surface area contributed by atoms with E-state index in [0.29, 0.717) is 12.5 Å². The number of carbonyl (C=O) groups is 1. The van der Waals surface area contributed by atoms with Crippen LogP contribution in [0.5, 0.6) is 0 Å². The van der Waals surface area contributed by atoms with E-state index in [4.69, 9.17) is 4.74 Å². The van der Waals surface area contributed by atoms with Crippen LogP contribution in [-0.2, 0) is 4.74 Å². The zero-order chi connectivity index (χ0) is 15.7. The molecule has 1 aliphatic carbocycles. The van der Waals surface area contributed by atoms with Gasteiger partial charge >= 0.3 is 6.09 Å². The van der Waals surface area contributed by atoms with E-state index in [1.165, 1.54) is 24.8 Å². The van der Waals surface area contributed by atoms with E-state index in [9.17, 15) is 4.79 Å². The van der Waals surface area contributed by atoms with Crippen molar-refractivity contribution >= 4 is 11.9 Å². The lowest BCUT2D eigenvalue weighted by Gasteiger charge is -2.30. The van der Waals surface area contributed by atoms with Crippen molar-refractivity contribution in [3.63, 3.8) is 0 Å². The second kappa shape index (κ2) is 6.11. The normalized spacial score (nSPS) is 27.2. The minimum absolute atomic E-state index is 0.224. The Kier molecular flexibility index (Phi) is 3.97. The Balaban J connectivity index is 1.54. The van der Waals surface area contributed by atoms with E-state index in [-0.39, 0.29) is 11.7 Å². The van der Waals surface area contributed by atoms with Crippen LogP contribution in [-0.4, -0.2) is 36.3 Å². The average Bonchev–Trinajstić information content (AvgIpc) is 2.92. The summed E-state index contributed by atoms with van der Waals surface area (Å²) in [5.74, 6) is 1.27. The van der Waals surface area contributed by atoms with Crippen LogP contribution in [0.2, 0.25) is 0 Å². The van der Waals surface area contributed by atoms with Crippen molar-refractivity contribution in [3.8, 4) is 0 Å². The van der Waals surface area contributed by atoms with Crippen LogP contribution in [0.3, 0.4) is 0 Å². The van der Waals surface area contributed by atoms with Gasteiger partial charge < -0.3 is 10.1 Å². The SMILES string of the molecule is O=C1OC2(CCCCC2)CN1c1cc([C@H]2CCCNC2)ccn1. The summed E-state index contributed by atoms with van der Waals surface area (Å²) in [5.41, 5.74) is 1.01. The van der Waals surface area contributed by atoms with Crippen molar-refractivity contribution < 1.29 is 9.53 Å². The summed E-state index contributed by atoms with van der Waals surface area (Å²) >= 11 is 0. The smallest absolute Gasteiger partial charge is 0.416 e. The molecule has 2 aliphatic heterocycles. The third kappa shape index (κ3) is 2.94. The number of nitrogens with one attached hydrogen (secondary N) is 1. The summed E-state index contributed by atoms with van der Waals surface area (Å²) in [6, 6.07) is 4.17. The van der Waals surface area contributed by atoms with Gasteiger partial charge in [0, 0.05) is 12.7 Å². The number of piperidine rings is 1. The quantitative estimate of drug-likeness (QED) is 0.910. The monoisotopic (exact) mass is 315 g/mol. The van der Waals surface area contributed by atoms with Gasteiger partial charge in [-0.1, -0.05) is 6.42 Å². The zero-order valence-electron chi connectivity index (χ0n) is 13.6. The molecule has 1 aromatic heterocycles. The molecule has 0 aromatic carbocycles. The highest BCUT2D eigenvalue weighted by atomic mass is 16.6. The van der Waals surface area contributed by atoms with Crippen LogP contribution in [0.25, 0.3) is 0 Å². The first kappa shape index (κ1) is 14.9. The molecule has 5 heteroatoms. The van der Waals surface area contributed by atoms with Gasteiger partial charge in [-0.25, -0.2) is 9.78 Å². The number of amides is 1. The van der Waals surface area contributed by atoms with Crippen LogP contribution in [0, 0.1) is 0 Å². The molecule has 0 unspecified atom stereocenters. The van der Waals surface area contributed by atoms with Gasteiger partial charge in [-0.15, -0.1) is 0 Å². The molecule has 3 aliphatic rings. The van der Waals surface area contributed by atoms with Crippen molar-refractivity contribution in [2.75, 3.05) is 24.5 Å². The molecule has 1 saturated carbocycles. The minimum Gasteiger partial charge on any atom is -0.441 e. The molecule has 0 radical (unpaired) electrons.